The van der Waals surface area contributed by atoms with Crippen LogP contribution in [0, 0.1) is 0 Å². The Morgan fingerprint density at radius 1 is 1.12 bits per heavy atom. The Hall–Kier alpha value is -2.82. The Bertz CT molecular complexity index is 802. The van der Waals surface area contributed by atoms with E-state index in [1.807, 2.05) is 50.2 Å². The number of ether oxygens (including phenoxy) is 1. The van der Waals surface area contributed by atoms with Crippen molar-refractivity contribution in [3.05, 3.63) is 64.7 Å². The molecule has 130 valence electrons. The van der Waals surface area contributed by atoms with Crippen LogP contribution in [0.5, 0.6) is 5.75 Å². The quantitative estimate of drug-likeness (QED) is 0.901. The van der Waals surface area contributed by atoms with Crippen LogP contribution in [0.2, 0.25) is 0 Å². The summed E-state index contributed by atoms with van der Waals surface area (Å²) in [4.78, 5) is 24.7. The number of hydrogen-bond donors (Lipinski definition) is 2. The van der Waals surface area contributed by atoms with Crippen LogP contribution in [0.25, 0.3) is 0 Å². The highest BCUT2D eigenvalue weighted by atomic mass is 16.5. The molecule has 0 saturated heterocycles. The third kappa shape index (κ3) is 3.09. The van der Waals surface area contributed by atoms with Gasteiger partial charge in [-0.15, -0.1) is 0 Å². The molecule has 0 radical (unpaired) electrons. The summed E-state index contributed by atoms with van der Waals surface area (Å²) in [5.74, 6) is 0.0906. The van der Waals surface area contributed by atoms with Crippen molar-refractivity contribution in [1.82, 2.24) is 10.6 Å². The van der Waals surface area contributed by atoms with Gasteiger partial charge in [-0.3, -0.25) is 9.59 Å². The van der Waals surface area contributed by atoms with Gasteiger partial charge in [0.25, 0.3) is 11.8 Å². The molecule has 2 N–H and O–H groups in total. The van der Waals surface area contributed by atoms with Crippen LogP contribution in [0.1, 0.15) is 51.6 Å². The van der Waals surface area contributed by atoms with E-state index in [0.717, 1.165) is 11.1 Å². The van der Waals surface area contributed by atoms with E-state index in [1.165, 1.54) is 0 Å². The molecule has 1 aliphatic heterocycles. The minimum atomic E-state index is -0.261. The minimum absolute atomic E-state index is 0.0195. The molecule has 2 amide bonds. The lowest BCUT2D eigenvalue weighted by atomic mass is 9.87. The summed E-state index contributed by atoms with van der Waals surface area (Å²) in [6.07, 6.45) is -0.120. The van der Waals surface area contributed by atoms with Gasteiger partial charge in [0.05, 0.1) is 5.56 Å². The maximum Gasteiger partial charge on any atom is 0.254 e. The summed E-state index contributed by atoms with van der Waals surface area (Å²) in [7, 11) is 1.57. The zero-order chi connectivity index (χ0) is 18.0. The molecular weight excluding hydrogens is 316 g/mol. The van der Waals surface area contributed by atoms with E-state index in [4.69, 9.17) is 4.74 Å². The average molecular weight is 338 g/mol. The Morgan fingerprint density at radius 3 is 2.48 bits per heavy atom. The van der Waals surface area contributed by atoms with Crippen molar-refractivity contribution < 1.29 is 14.3 Å². The number of rotatable bonds is 4. The van der Waals surface area contributed by atoms with E-state index >= 15 is 0 Å². The topological polar surface area (TPSA) is 67.4 Å². The molecule has 2 aromatic carbocycles. The highest BCUT2D eigenvalue weighted by Gasteiger charge is 2.36. The van der Waals surface area contributed by atoms with Crippen LogP contribution >= 0.6 is 0 Å². The zero-order valence-corrected chi connectivity index (χ0v) is 14.6. The Balaban J connectivity index is 2.16. The van der Waals surface area contributed by atoms with Crippen LogP contribution in [-0.4, -0.2) is 31.5 Å². The fourth-order valence-corrected chi connectivity index (χ4v) is 3.33. The van der Waals surface area contributed by atoms with Gasteiger partial charge in [0, 0.05) is 30.6 Å². The van der Waals surface area contributed by atoms with Crippen molar-refractivity contribution >= 4 is 11.8 Å². The molecule has 0 fully saturated rings. The van der Waals surface area contributed by atoms with Crippen molar-refractivity contribution in [2.75, 3.05) is 13.6 Å². The Morgan fingerprint density at radius 2 is 1.84 bits per heavy atom. The molecule has 0 aliphatic carbocycles. The normalized spacial score (nSPS) is 18.2. The first-order valence-electron chi connectivity index (χ1n) is 8.46. The molecule has 2 atom stereocenters. The molecule has 0 spiro atoms. The van der Waals surface area contributed by atoms with Crippen LogP contribution in [-0.2, 0) is 0 Å². The Labute approximate surface area is 147 Å². The highest BCUT2D eigenvalue weighted by molar-refractivity contribution is 6.02. The van der Waals surface area contributed by atoms with Gasteiger partial charge in [0.2, 0.25) is 0 Å². The van der Waals surface area contributed by atoms with Gasteiger partial charge in [-0.25, -0.2) is 0 Å². The lowest BCUT2D eigenvalue weighted by Crippen LogP contribution is -2.24. The third-order valence-electron chi connectivity index (χ3n) is 4.46. The first-order valence-corrected chi connectivity index (χ1v) is 8.46. The molecule has 5 nitrogen and oxygen atoms in total. The van der Waals surface area contributed by atoms with E-state index in [9.17, 15) is 9.59 Å². The van der Waals surface area contributed by atoms with Gasteiger partial charge in [0.15, 0.2) is 0 Å². The second-order valence-electron chi connectivity index (χ2n) is 6.09. The van der Waals surface area contributed by atoms with Gasteiger partial charge in [-0.1, -0.05) is 30.3 Å². The lowest BCUT2D eigenvalue weighted by Gasteiger charge is -2.15. The molecule has 25 heavy (non-hydrogen) atoms. The molecule has 0 aromatic heterocycles. The maximum atomic E-state index is 12.3. The first kappa shape index (κ1) is 17.0. The molecular formula is C20H22N2O3. The van der Waals surface area contributed by atoms with Gasteiger partial charge in [-0.2, -0.15) is 0 Å². The molecule has 5 heteroatoms. The van der Waals surface area contributed by atoms with Gasteiger partial charge >= 0.3 is 0 Å². The third-order valence-corrected chi connectivity index (χ3v) is 4.46. The Kier molecular flexibility index (Phi) is 4.74. The lowest BCUT2D eigenvalue weighted by molar-refractivity contribution is 0.0955. The molecule has 3 rings (SSSR count). The number of fused-ring (bicyclic) bond motifs is 1. The summed E-state index contributed by atoms with van der Waals surface area (Å²) in [5.41, 5.74) is 2.84. The van der Waals surface area contributed by atoms with Crippen LogP contribution in [0.3, 0.4) is 0 Å². The number of benzene rings is 2. The second-order valence-corrected chi connectivity index (χ2v) is 6.09. The molecule has 1 aliphatic rings. The standard InChI is InChI=1S/C20H22N2O3/c1-4-22-19(23)14-10-15-17(13-8-6-5-7-9-13)12(2)25-18(15)16(11-14)20(24)21-3/h5-12,17H,4H2,1-3H3,(H,21,24)(H,22,23)/t12-,17?/m0/s1. The summed E-state index contributed by atoms with van der Waals surface area (Å²) in [6, 6.07) is 13.4. The summed E-state index contributed by atoms with van der Waals surface area (Å²) < 4.78 is 6.03. The van der Waals surface area contributed by atoms with Crippen molar-refractivity contribution in [1.29, 1.82) is 0 Å². The monoisotopic (exact) mass is 338 g/mol. The number of amides is 2. The van der Waals surface area contributed by atoms with E-state index in [0.29, 0.717) is 23.4 Å². The van der Waals surface area contributed by atoms with E-state index in [2.05, 4.69) is 10.6 Å². The van der Waals surface area contributed by atoms with Crippen molar-refractivity contribution in [3.63, 3.8) is 0 Å². The van der Waals surface area contributed by atoms with Crippen molar-refractivity contribution in [2.45, 2.75) is 25.9 Å². The van der Waals surface area contributed by atoms with Crippen molar-refractivity contribution in [3.8, 4) is 5.75 Å². The average Bonchev–Trinajstić information content (AvgIpc) is 2.96. The SMILES string of the molecule is CCNC(=O)c1cc(C(=O)NC)c2c(c1)C(c1ccccc1)[C@H](C)O2. The number of nitrogens with one attached hydrogen (secondary N) is 2. The van der Waals surface area contributed by atoms with Gasteiger partial charge in [-0.05, 0) is 31.5 Å². The fraction of sp³-hybridized carbons (Fsp3) is 0.300. The predicted octanol–water partition coefficient (Wildman–Crippen LogP) is 2.71. The second kappa shape index (κ2) is 6.97. The number of hydrogen-bond acceptors (Lipinski definition) is 3. The maximum absolute atomic E-state index is 12.3. The van der Waals surface area contributed by atoms with E-state index < -0.39 is 0 Å². The minimum Gasteiger partial charge on any atom is -0.489 e. The van der Waals surface area contributed by atoms with Crippen LogP contribution in [0.4, 0.5) is 0 Å². The van der Waals surface area contributed by atoms with Crippen LogP contribution in [0.15, 0.2) is 42.5 Å². The largest absolute Gasteiger partial charge is 0.489 e. The van der Waals surface area contributed by atoms with Gasteiger partial charge in [0.1, 0.15) is 11.9 Å². The molecule has 0 saturated carbocycles. The molecule has 1 unspecified atom stereocenters. The smallest absolute Gasteiger partial charge is 0.254 e. The fourth-order valence-electron chi connectivity index (χ4n) is 3.33. The van der Waals surface area contributed by atoms with E-state index in [1.54, 1.807) is 13.1 Å². The van der Waals surface area contributed by atoms with E-state index in [-0.39, 0.29) is 23.8 Å². The first-order chi connectivity index (χ1) is 12.1. The van der Waals surface area contributed by atoms with Gasteiger partial charge < -0.3 is 15.4 Å². The van der Waals surface area contributed by atoms with Crippen LogP contribution < -0.4 is 15.4 Å². The summed E-state index contributed by atoms with van der Waals surface area (Å²) in [5, 5.41) is 5.42. The predicted molar refractivity (Wildman–Crippen MR) is 96.2 cm³/mol. The number of carbonyl (C=O) groups is 2. The molecule has 2 aromatic rings. The number of carbonyl (C=O) groups excluding carboxylic acids is 2. The molecule has 0 bridgehead atoms. The summed E-state index contributed by atoms with van der Waals surface area (Å²) in [6.45, 7) is 4.38. The zero-order valence-electron chi connectivity index (χ0n) is 14.6. The van der Waals surface area contributed by atoms with Crippen molar-refractivity contribution in [2.24, 2.45) is 0 Å². The molecule has 1 heterocycles. The highest BCUT2D eigenvalue weighted by Crippen LogP contribution is 2.44. The summed E-state index contributed by atoms with van der Waals surface area (Å²) >= 11 is 0.